The number of imidazole rings is 1. The lowest BCUT2D eigenvalue weighted by Crippen LogP contribution is -2.07. The third kappa shape index (κ3) is 3.12. The molecule has 0 aliphatic heterocycles. The van der Waals surface area contributed by atoms with Crippen LogP contribution in [0.25, 0.3) is 11.0 Å². The molecule has 2 aromatic rings. The Morgan fingerprint density at radius 1 is 1.35 bits per heavy atom. The van der Waals surface area contributed by atoms with Crippen molar-refractivity contribution in [1.29, 1.82) is 0 Å². The van der Waals surface area contributed by atoms with Crippen molar-refractivity contribution in [2.75, 3.05) is 13.2 Å². The molecule has 2 rings (SSSR count). The molecule has 0 unspecified atom stereocenters. The number of aryl methyl sites for hydroxylation is 1. The second-order valence-corrected chi connectivity index (χ2v) is 5.32. The highest BCUT2D eigenvalue weighted by Crippen LogP contribution is 2.25. The van der Waals surface area contributed by atoms with Crippen molar-refractivity contribution < 1.29 is 9.84 Å². The van der Waals surface area contributed by atoms with Crippen LogP contribution in [0.1, 0.15) is 45.5 Å². The zero-order chi connectivity index (χ0) is 14.5. The van der Waals surface area contributed by atoms with Crippen LogP contribution >= 0.6 is 0 Å². The predicted octanol–water partition coefficient (Wildman–Crippen LogP) is 3.33. The number of aliphatic hydroxyl groups excluding tert-OH is 1. The van der Waals surface area contributed by atoms with E-state index in [1.165, 1.54) is 0 Å². The average Bonchev–Trinajstić information content (AvgIpc) is 2.80. The molecule has 0 saturated heterocycles. The molecule has 1 aromatic carbocycles. The van der Waals surface area contributed by atoms with E-state index in [0.717, 1.165) is 48.5 Å². The summed E-state index contributed by atoms with van der Waals surface area (Å²) in [7, 11) is 0. The second-order valence-electron chi connectivity index (χ2n) is 5.32. The summed E-state index contributed by atoms with van der Waals surface area (Å²) >= 11 is 0. The van der Waals surface area contributed by atoms with Gasteiger partial charge in [0.15, 0.2) is 0 Å². The maximum Gasteiger partial charge on any atom is 0.121 e. The first kappa shape index (κ1) is 14.9. The van der Waals surface area contributed by atoms with Crippen LogP contribution in [0.15, 0.2) is 18.2 Å². The molecule has 1 N–H and O–H groups in total. The SMILES string of the molecule is CCCOc1ccc2c(c1)nc(CCCO)n2C(C)C. The van der Waals surface area contributed by atoms with Gasteiger partial charge in [0.1, 0.15) is 11.6 Å². The molecule has 0 saturated carbocycles. The van der Waals surface area contributed by atoms with E-state index in [-0.39, 0.29) is 6.61 Å². The van der Waals surface area contributed by atoms with E-state index in [2.05, 4.69) is 31.4 Å². The van der Waals surface area contributed by atoms with E-state index in [1.54, 1.807) is 0 Å². The smallest absolute Gasteiger partial charge is 0.121 e. The summed E-state index contributed by atoms with van der Waals surface area (Å²) in [6.07, 6.45) is 2.55. The molecule has 4 nitrogen and oxygen atoms in total. The largest absolute Gasteiger partial charge is 0.494 e. The molecule has 0 bridgehead atoms. The minimum Gasteiger partial charge on any atom is -0.494 e. The van der Waals surface area contributed by atoms with Gasteiger partial charge in [0.2, 0.25) is 0 Å². The summed E-state index contributed by atoms with van der Waals surface area (Å²) in [5, 5.41) is 9.02. The Hall–Kier alpha value is -1.55. The van der Waals surface area contributed by atoms with Gasteiger partial charge in [0.25, 0.3) is 0 Å². The van der Waals surface area contributed by atoms with Crippen molar-refractivity contribution in [3.05, 3.63) is 24.0 Å². The fourth-order valence-electron chi connectivity index (χ4n) is 2.43. The lowest BCUT2D eigenvalue weighted by Gasteiger charge is -2.13. The molecular weight excluding hydrogens is 252 g/mol. The average molecular weight is 276 g/mol. The Morgan fingerprint density at radius 2 is 2.15 bits per heavy atom. The van der Waals surface area contributed by atoms with Gasteiger partial charge in [-0.15, -0.1) is 0 Å². The van der Waals surface area contributed by atoms with E-state index >= 15 is 0 Å². The zero-order valence-corrected chi connectivity index (χ0v) is 12.6. The van der Waals surface area contributed by atoms with E-state index in [4.69, 9.17) is 14.8 Å². The summed E-state index contributed by atoms with van der Waals surface area (Å²) in [6.45, 7) is 7.34. The molecule has 0 amide bonds. The number of hydrogen-bond donors (Lipinski definition) is 1. The van der Waals surface area contributed by atoms with Crippen LogP contribution in [0, 0.1) is 0 Å². The fraction of sp³-hybridized carbons (Fsp3) is 0.562. The number of aromatic nitrogens is 2. The Balaban J connectivity index is 2.38. The van der Waals surface area contributed by atoms with Gasteiger partial charge in [-0.1, -0.05) is 6.92 Å². The topological polar surface area (TPSA) is 47.3 Å². The number of benzene rings is 1. The Labute approximate surface area is 120 Å². The molecule has 0 atom stereocenters. The first-order chi connectivity index (χ1) is 9.67. The molecule has 1 heterocycles. The van der Waals surface area contributed by atoms with Gasteiger partial charge < -0.3 is 14.4 Å². The number of hydrogen-bond acceptors (Lipinski definition) is 3. The Morgan fingerprint density at radius 3 is 2.80 bits per heavy atom. The molecule has 1 aromatic heterocycles. The summed E-state index contributed by atoms with van der Waals surface area (Å²) in [6, 6.07) is 6.45. The Bertz CT molecular complexity index is 561. The first-order valence-corrected chi connectivity index (χ1v) is 7.42. The molecule has 0 aliphatic carbocycles. The third-order valence-corrected chi connectivity index (χ3v) is 3.28. The van der Waals surface area contributed by atoms with Crippen molar-refractivity contribution in [1.82, 2.24) is 9.55 Å². The number of ether oxygens (including phenoxy) is 1. The quantitative estimate of drug-likeness (QED) is 0.843. The number of rotatable bonds is 7. The van der Waals surface area contributed by atoms with Crippen LogP contribution in [-0.4, -0.2) is 27.9 Å². The van der Waals surface area contributed by atoms with Gasteiger partial charge in [0, 0.05) is 25.1 Å². The predicted molar refractivity (Wildman–Crippen MR) is 81.3 cm³/mol. The van der Waals surface area contributed by atoms with Crippen LogP contribution in [0.3, 0.4) is 0 Å². The Kier molecular flexibility index (Phi) is 5.01. The lowest BCUT2D eigenvalue weighted by molar-refractivity contribution is 0.286. The normalized spacial score (nSPS) is 11.4. The van der Waals surface area contributed by atoms with Gasteiger partial charge >= 0.3 is 0 Å². The minimum atomic E-state index is 0.201. The number of aliphatic hydroxyl groups is 1. The van der Waals surface area contributed by atoms with E-state index in [0.29, 0.717) is 6.04 Å². The lowest BCUT2D eigenvalue weighted by atomic mass is 10.2. The summed E-state index contributed by atoms with van der Waals surface area (Å²) in [5.41, 5.74) is 2.11. The van der Waals surface area contributed by atoms with Crippen molar-refractivity contribution in [3.8, 4) is 5.75 Å². The molecule has 20 heavy (non-hydrogen) atoms. The summed E-state index contributed by atoms with van der Waals surface area (Å²) in [5.74, 6) is 1.91. The first-order valence-electron chi connectivity index (χ1n) is 7.42. The van der Waals surface area contributed by atoms with Crippen molar-refractivity contribution in [3.63, 3.8) is 0 Å². The molecule has 0 aliphatic rings. The third-order valence-electron chi connectivity index (χ3n) is 3.28. The maximum absolute atomic E-state index is 9.02. The molecule has 0 fully saturated rings. The van der Waals surface area contributed by atoms with Crippen LogP contribution in [0.4, 0.5) is 0 Å². The van der Waals surface area contributed by atoms with Crippen molar-refractivity contribution in [2.24, 2.45) is 0 Å². The molecule has 0 spiro atoms. The summed E-state index contributed by atoms with van der Waals surface area (Å²) in [4.78, 5) is 4.71. The zero-order valence-electron chi connectivity index (χ0n) is 12.6. The van der Waals surface area contributed by atoms with Gasteiger partial charge in [-0.2, -0.15) is 0 Å². The molecule has 110 valence electrons. The van der Waals surface area contributed by atoms with Crippen molar-refractivity contribution >= 4 is 11.0 Å². The minimum absolute atomic E-state index is 0.201. The van der Waals surface area contributed by atoms with E-state index in [1.807, 2.05) is 12.1 Å². The van der Waals surface area contributed by atoms with Crippen LogP contribution in [0.2, 0.25) is 0 Å². The van der Waals surface area contributed by atoms with Crippen molar-refractivity contribution in [2.45, 2.75) is 46.1 Å². The molecule has 4 heteroatoms. The highest BCUT2D eigenvalue weighted by Gasteiger charge is 2.13. The monoisotopic (exact) mass is 276 g/mol. The van der Waals surface area contributed by atoms with E-state index in [9.17, 15) is 0 Å². The maximum atomic E-state index is 9.02. The fourth-order valence-corrected chi connectivity index (χ4v) is 2.43. The summed E-state index contributed by atoms with van der Waals surface area (Å²) < 4.78 is 7.91. The van der Waals surface area contributed by atoms with Crippen LogP contribution in [0.5, 0.6) is 5.75 Å². The van der Waals surface area contributed by atoms with Gasteiger partial charge in [-0.25, -0.2) is 4.98 Å². The molecular formula is C16H24N2O2. The number of nitrogens with zero attached hydrogens (tertiary/aromatic N) is 2. The van der Waals surface area contributed by atoms with E-state index < -0.39 is 0 Å². The van der Waals surface area contributed by atoms with Gasteiger partial charge in [-0.05, 0) is 38.8 Å². The van der Waals surface area contributed by atoms with Gasteiger partial charge in [0.05, 0.1) is 17.6 Å². The standard InChI is InChI=1S/C16H24N2O2/c1-4-10-20-13-7-8-15-14(11-13)17-16(6-5-9-19)18(15)12(2)3/h7-8,11-12,19H,4-6,9-10H2,1-3H3. The van der Waals surface area contributed by atoms with Crippen LogP contribution < -0.4 is 4.74 Å². The second kappa shape index (κ2) is 6.75. The number of fused-ring (bicyclic) bond motifs is 1. The highest BCUT2D eigenvalue weighted by molar-refractivity contribution is 5.78. The molecule has 0 radical (unpaired) electrons. The van der Waals surface area contributed by atoms with Gasteiger partial charge in [-0.3, -0.25) is 0 Å². The highest BCUT2D eigenvalue weighted by atomic mass is 16.5. The van der Waals surface area contributed by atoms with Crippen LogP contribution in [-0.2, 0) is 6.42 Å².